The van der Waals surface area contributed by atoms with E-state index >= 15 is 0 Å². The first kappa shape index (κ1) is 11.5. The van der Waals surface area contributed by atoms with Gasteiger partial charge in [0, 0.05) is 12.5 Å². The Hall–Kier alpha value is -1.63. The molecule has 0 bridgehead atoms. The van der Waals surface area contributed by atoms with Crippen molar-refractivity contribution in [3.8, 4) is 0 Å². The second-order valence-electron chi connectivity index (χ2n) is 4.42. The van der Waals surface area contributed by atoms with Gasteiger partial charge in [-0.05, 0) is 25.5 Å². The van der Waals surface area contributed by atoms with Crippen LogP contribution in [0, 0.1) is 0 Å². The Labute approximate surface area is 102 Å². The Balaban J connectivity index is 2.09. The molecule has 5 nitrogen and oxygen atoms in total. The summed E-state index contributed by atoms with van der Waals surface area (Å²) in [4.78, 5) is 7.71. The smallest absolute Gasteiger partial charge is 0.280 e. The summed E-state index contributed by atoms with van der Waals surface area (Å²) in [5, 5.41) is 7.33. The van der Waals surface area contributed by atoms with Crippen LogP contribution in [0.15, 0.2) is 12.4 Å². The molecule has 1 N–H and O–H groups in total. The zero-order chi connectivity index (χ0) is 12.5. The molecule has 2 aromatic rings. The number of piperidine rings is 1. The van der Waals surface area contributed by atoms with Crippen molar-refractivity contribution < 1.29 is 8.78 Å². The minimum absolute atomic E-state index is 0.184. The highest BCUT2D eigenvalue weighted by Gasteiger charge is 2.22. The highest BCUT2D eigenvalue weighted by Crippen LogP contribution is 2.26. The fourth-order valence-electron chi connectivity index (χ4n) is 2.36. The molecule has 1 unspecified atom stereocenters. The third-order valence-corrected chi connectivity index (χ3v) is 3.24. The summed E-state index contributed by atoms with van der Waals surface area (Å²) in [6, 6.07) is 1.45. The molecule has 1 fully saturated rings. The quantitative estimate of drug-likeness (QED) is 0.881. The van der Waals surface area contributed by atoms with Crippen molar-refractivity contribution in [2.75, 3.05) is 13.1 Å². The molecule has 0 aromatic carbocycles. The van der Waals surface area contributed by atoms with Crippen LogP contribution < -0.4 is 5.32 Å². The summed E-state index contributed by atoms with van der Waals surface area (Å²) < 4.78 is 27.2. The number of alkyl halides is 2. The van der Waals surface area contributed by atoms with E-state index in [4.69, 9.17) is 0 Å². The van der Waals surface area contributed by atoms with Gasteiger partial charge in [0.05, 0.1) is 5.69 Å². The summed E-state index contributed by atoms with van der Waals surface area (Å²) >= 11 is 0. The predicted octanol–water partition coefficient (Wildman–Crippen LogP) is 1.53. The van der Waals surface area contributed by atoms with Crippen LogP contribution in [-0.2, 0) is 0 Å². The number of nitrogens with zero attached hydrogens (tertiary/aromatic N) is 4. The molecule has 1 aliphatic rings. The molecule has 1 atom stereocenters. The molecule has 1 aliphatic heterocycles. The molecule has 3 rings (SSSR count). The fraction of sp³-hybridized carbons (Fsp3) is 0.545. The number of hydrogen-bond acceptors (Lipinski definition) is 4. The van der Waals surface area contributed by atoms with E-state index in [1.54, 1.807) is 4.52 Å². The Kier molecular flexibility index (Phi) is 2.91. The van der Waals surface area contributed by atoms with Gasteiger partial charge in [-0.15, -0.1) is 0 Å². The molecule has 0 amide bonds. The first-order valence-corrected chi connectivity index (χ1v) is 5.95. The molecule has 7 heteroatoms. The second kappa shape index (κ2) is 4.56. The summed E-state index contributed by atoms with van der Waals surface area (Å²) in [5.41, 5.74) is 0.538. The highest BCUT2D eigenvalue weighted by molar-refractivity contribution is 5.32. The van der Waals surface area contributed by atoms with E-state index in [-0.39, 0.29) is 17.4 Å². The fourth-order valence-corrected chi connectivity index (χ4v) is 2.36. The van der Waals surface area contributed by atoms with Crippen LogP contribution in [0.5, 0.6) is 0 Å². The highest BCUT2D eigenvalue weighted by atomic mass is 19.3. The van der Waals surface area contributed by atoms with Crippen LogP contribution in [-0.4, -0.2) is 32.7 Å². The minimum Gasteiger partial charge on any atom is -0.316 e. The largest absolute Gasteiger partial charge is 0.316 e. The maximum atomic E-state index is 12.8. The van der Waals surface area contributed by atoms with Gasteiger partial charge in [-0.3, -0.25) is 0 Å². The SMILES string of the molecule is FC(F)c1cc(C2CCCNC2)n2ncnc2n1. The zero-order valence-electron chi connectivity index (χ0n) is 9.68. The summed E-state index contributed by atoms with van der Waals surface area (Å²) in [6.45, 7) is 1.76. The van der Waals surface area contributed by atoms with Crippen LogP contribution in [0.25, 0.3) is 5.78 Å². The molecule has 0 radical (unpaired) electrons. The van der Waals surface area contributed by atoms with Crippen molar-refractivity contribution in [2.24, 2.45) is 0 Å². The summed E-state index contributed by atoms with van der Waals surface area (Å²) in [6.07, 6.45) is 0.765. The Morgan fingerprint density at radius 2 is 2.33 bits per heavy atom. The first-order valence-electron chi connectivity index (χ1n) is 5.95. The lowest BCUT2D eigenvalue weighted by molar-refractivity contribution is 0.146. The lowest BCUT2D eigenvalue weighted by Gasteiger charge is -2.23. The molecule has 18 heavy (non-hydrogen) atoms. The van der Waals surface area contributed by atoms with Gasteiger partial charge in [-0.2, -0.15) is 10.1 Å². The van der Waals surface area contributed by atoms with Gasteiger partial charge < -0.3 is 5.32 Å². The van der Waals surface area contributed by atoms with E-state index in [1.165, 1.54) is 12.4 Å². The van der Waals surface area contributed by atoms with Crippen molar-refractivity contribution in [3.05, 3.63) is 23.8 Å². The maximum absolute atomic E-state index is 12.8. The molecule has 0 spiro atoms. The van der Waals surface area contributed by atoms with Crippen LogP contribution >= 0.6 is 0 Å². The minimum atomic E-state index is -2.58. The van der Waals surface area contributed by atoms with Gasteiger partial charge in [0.25, 0.3) is 12.2 Å². The molecule has 1 saturated heterocycles. The Morgan fingerprint density at radius 3 is 3.06 bits per heavy atom. The molecule has 3 heterocycles. The Morgan fingerprint density at radius 1 is 1.44 bits per heavy atom. The van der Waals surface area contributed by atoms with Gasteiger partial charge in [-0.1, -0.05) is 0 Å². The van der Waals surface area contributed by atoms with E-state index in [1.807, 2.05) is 0 Å². The van der Waals surface area contributed by atoms with Crippen molar-refractivity contribution in [3.63, 3.8) is 0 Å². The molecule has 96 valence electrons. The summed E-state index contributed by atoms with van der Waals surface area (Å²) in [7, 11) is 0. The maximum Gasteiger partial charge on any atom is 0.280 e. The topological polar surface area (TPSA) is 55.1 Å². The second-order valence-corrected chi connectivity index (χ2v) is 4.42. The lowest BCUT2D eigenvalue weighted by atomic mass is 9.95. The van der Waals surface area contributed by atoms with Gasteiger partial charge in [0.15, 0.2) is 0 Å². The molecular weight excluding hydrogens is 240 g/mol. The van der Waals surface area contributed by atoms with Crippen molar-refractivity contribution in [2.45, 2.75) is 25.2 Å². The molecular formula is C11H13F2N5. The van der Waals surface area contributed by atoms with Crippen LogP contribution in [0.2, 0.25) is 0 Å². The number of halogens is 2. The third kappa shape index (κ3) is 1.94. The molecule has 2 aromatic heterocycles. The van der Waals surface area contributed by atoms with Crippen molar-refractivity contribution in [1.29, 1.82) is 0 Å². The van der Waals surface area contributed by atoms with E-state index in [9.17, 15) is 8.78 Å². The van der Waals surface area contributed by atoms with E-state index in [0.717, 1.165) is 31.6 Å². The van der Waals surface area contributed by atoms with E-state index in [0.29, 0.717) is 0 Å². The van der Waals surface area contributed by atoms with Crippen molar-refractivity contribution in [1.82, 2.24) is 24.9 Å². The van der Waals surface area contributed by atoms with Crippen LogP contribution in [0.4, 0.5) is 8.78 Å². The van der Waals surface area contributed by atoms with Crippen molar-refractivity contribution >= 4 is 5.78 Å². The standard InChI is InChI=1S/C11H13F2N5/c12-10(13)8-4-9(7-2-1-3-14-5-7)18-11(17-8)15-6-16-18/h4,6-7,10,14H,1-3,5H2. The molecule has 0 saturated carbocycles. The molecule has 0 aliphatic carbocycles. The average Bonchev–Trinajstić information content (AvgIpc) is 2.86. The van der Waals surface area contributed by atoms with Gasteiger partial charge in [-0.25, -0.2) is 18.3 Å². The number of nitrogens with one attached hydrogen (secondary N) is 1. The predicted molar refractivity (Wildman–Crippen MR) is 60.6 cm³/mol. The zero-order valence-corrected chi connectivity index (χ0v) is 9.68. The van der Waals surface area contributed by atoms with Crippen LogP contribution in [0.3, 0.4) is 0 Å². The number of fused-ring (bicyclic) bond motifs is 1. The van der Waals surface area contributed by atoms with E-state index in [2.05, 4.69) is 20.4 Å². The lowest BCUT2D eigenvalue weighted by Crippen LogP contribution is -2.29. The Bertz CT molecular complexity index is 547. The van der Waals surface area contributed by atoms with Crippen LogP contribution in [0.1, 0.15) is 36.6 Å². The van der Waals surface area contributed by atoms with Gasteiger partial charge in [0.2, 0.25) is 0 Å². The van der Waals surface area contributed by atoms with Gasteiger partial charge >= 0.3 is 0 Å². The third-order valence-electron chi connectivity index (χ3n) is 3.24. The normalized spacial score (nSPS) is 20.7. The number of rotatable bonds is 2. The van der Waals surface area contributed by atoms with Gasteiger partial charge in [0.1, 0.15) is 12.0 Å². The summed E-state index contributed by atoms with van der Waals surface area (Å²) in [5.74, 6) is 0.428. The number of hydrogen-bond donors (Lipinski definition) is 1. The first-order chi connectivity index (χ1) is 8.75. The number of aromatic nitrogens is 4. The van der Waals surface area contributed by atoms with E-state index < -0.39 is 6.43 Å². The average molecular weight is 253 g/mol. The monoisotopic (exact) mass is 253 g/mol.